The number of halogens is 1. The molecule has 2 aliphatic heterocycles. The second-order valence-electron chi connectivity index (χ2n) is 7.67. The van der Waals surface area contributed by atoms with Gasteiger partial charge in [0.2, 0.25) is 0 Å². The van der Waals surface area contributed by atoms with Gasteiger partial charge in [-0.25, -0.2) is 4.39 Å². The zero-order valence-electron chi connectivity index (χ0n) is 15.7. The number of nitrogens with one attached hydrogen (secondary N) is 1. The van der Waals surface area contributed by atoms with Crippen molar-refractivity contribution in [2.24, 2.45) is 0 Å². The Bertz CT molecular complexity index is 832. The number of nitrogens with zero attached hydrogens (tertiary/aromatic N) is 1. The predicted octanol–water partition coefficient (Wildman–Crippen LogP) is 3.81. The number of hydrogen-bond donors (Lipinski definition) is 1. The van der Waals surface area contributed by atoms with E-state index in [1.165, 1.54) is 12.1 Å². The van der Waals surface area contributed by atoms with Gasteiger partial charge in [0.15, 0.2) is 5.78 Å². The molecule has 27 heavy (non-hydrogen) atoms. The monoisotopic (exact) mass is 368 g/mol. The molecule has 3 aliphatic rings. The summed E-state index contributed by atoms with van der Waals surface area (Å²) in [6, 6.07) is 6.22. The Morgan fingerprint density at radius 1 is 1.07 bits per heavy atom. The molecule has 2 heterocycles. The van der Waals surface area contributed by atoms with Gasteiger partial charge in [0.1, 0.15) is 5.82 Å². The maximum Gasteiger partial charge on any atom is 0.252 e. The Kier molecular flexibility index (Phi) is 4.85. The molecule has 1 amide bonds. The third kappa shape index (κ3) is 3.31. The Morgan fingerprint density at radius 3 is 2.48 bits per heavy atom. The minimum absolute atomic E-state index is 0.000974. The van der Waals surface area contributed by atoms with Crippen LogP contribution < -0.4 is 5.32 Å². The summed E-state index contributed by atoms with van der Waals surface area (Å²) in [6.45, 7) is 3.42. The maximum atomic E-state index is 13.5. The summed E-state index contributed by atoms with van der Waals surface area (Å²) >= 11 is 0. The second kappa shape index (κ2) is 7.29. The zero-order chi connectivity index (χ0) is 19.0. The van der Waals surface area contributed by atoms with Crippen LogP contribution in [0.3, 0.4) is 0 Å². The first-order valence-corrected chi connectivity index (χ1v) is 9.85. The molecule has 1 aromatic rings. The highest BCUT2D eigenvalue weighted by molar-refractivity contribution is 6.05. The van der Waals surface area contributed by atoms with Gasteiger partial charge < -0.3 is 10.2 Å². The Hall–Kier alpha value is -2.43. The fourth-order valence-electron chi connectivity index (χ4n) is 4.52. The minimum atomic E-state index is -0.413. The van der Waals surface area contributed by atoms with Gasteiger partial charge in [-0.1, -0.05) is 12.1 Å². The summed E-state index contributed by atoms with van der Waals surface area (Å²) in [6.07, 6.45) is 5.31. The standard InChI is InChI=1S/C22H25FN2O2/c1-14-19(22(27)25-12-3-2-4-13-25)20(15-8-10-16(23)11-9-15)21-17(24-14)6-5-7-18(21)26/h8-11,20,24H,2-7,12-13H2,1H3. The van der Waals surface area contributed by atoms with Gasteiger partial charge in [-0.05, 0) is 56.7 Å². The van der Waals surface area contributed by atoms with E-state index in [1.54, 1.807) is 12.1 Å². The molecule has 0 radical (unpaired) electrons. The zero-order valence-corrected chi connectivity index (χ0v) is 15.7. The molecular formula is C22H25FN2O2. The van der Waals surface area contributed by atoms with Crippen LogP contribution in [0.1, 0.15) is 56.9 Å². The fourth-order valence-corrected chi connectivity index (χ4v) is 4.52. The number of carbonyl (C=O) groups excluding carboxylic acids is 2. The first-order valence-electron chi connectivity index (χ1n) is 9.85. The summed E-state index contributed by atoms with van der Waals surface area (Å²) in [5.74, 6) is -0.640. The van der Waals surface area contributed by atoms with Crippen LogP contribution in [-0.4, -0.2) is 29.7 Å². The topological polar surface area (TPSA) is 49.4 Å². The average Bonchev–Trinajstić information content (AvgIpc) is 2.68. The first-order chi connectivity index (χ1) is 13.1. The molecule has 0 bridgehead atoms. The van der Waals surface area contributed by atoms with E-state index in [0.29, 0.717) is 17.6 Å². The number of allylic oxidation sites excluding steroid dienone is 3. The number of Topliss-reactive ketones (excluding diaryl/α,β-unsaturated/α-hetero) is 1. The number of amides is 1. The van der Waals surface area contributed by atoms with Crippen LogP contribution >= 0.6 is 0 Å². The molecular weight excluding hydrogens is 343 g/mol. The van der Waals surface area contributed by atoms with E-state index in [-0.39, 0.29) is 17.5 Å². The van der Waals surface area contributed by atoms with Gasteiger partial charge in [0, 0.05) is 48.0 Å². The molecule has 0 saturated carbocycles. The third-order valence-corrected chi connectivity index (χ3v) is 5.85. The van der Waals surface area contributed by atoms with Crippen LogP contribution in [0.15, 0.2) is 46.8 Å². The summed E-state index contributed by atoms with van der Waals surface area (Å²) in [5, 5.41) is 3.35. The van der Waals surface area contributed by atoms with E-state index >= 15 is 0 Å². The molecule has 1 aromatic carbocycles. The number of dihydropyridines is 1. The van der Waals surface area contributed by atoms with E-state index in [0.717, 1.165) is 62.2 Å². The van der Waals surface area contributed by atoms with Crippen molar-refractivity contribution < 1.29 is 14.0 Å². The highest BCUT2D eigenvalue weighted by Crippen LogP contribution is 2.42. The lowest BCUT2D eigenvalue weighted by Crippen LogP contribution is -2.42. The number of rotatable bonds is 2. The van der Waals surface area contributed by atoms with Gasteiger partial charge in [0.25, 0.3) is 5.91 Å². The number of hydrogen-bond acceptors (Lipinski definition) is 3. The summed E-state index contributed by atoms with van der Waals surface area (Å²) < 4.78 is 13.5. The van der Waals surface area contributed by atoms with Gasteiger partial charge in [-0.15, -0.1) is 0 Å². The number of piperidine rings is 1. The Morgan fingerprint density at radius 2 is 1.78 bits per heavy atom. The van der Waals surface area contributed by atoms with Crippen LogP contribution in [0.25, 0.3) is 0 Å². The lowest BCUT2D eigenvalue weighted by molar-refractivity contribution is -0.128. The van der Waals surface area contributed by atoms with Crippen molar-refractivity contribution in [3.05, 3.63) is 58.2 Å². The van der Waals surface area contributed by atoms with Crippen LogP contribution in [0.4, 0.5) is 4.39 Å². The van der Waals surface area contributed by atoms with Crippen LogP contribution in [-0.2, 0) is 9.59 Å². The van der Waals surface area contributed by atoms with Crippen LogP contribution in [0.2, 0.25) is 0 Å². The van der Waals surface area contributed by atoms with E-state index in [2.05, 4.69) is 5.32 Å². The summed E-state index contributed by atoms with van der Waals surface area (Å²) in [4.78, 5) is 28.1. The highest BCUT2D eigenvalue weighted by Gasteiger charge is 2.39. The highest BCUT2D eigenvalue weighted by atomic mass is 19.1. The number of ketones is 1. The number of benzene rings is 1. The maximum absolute atomic E-state index is 13.5. The fraction of sp³-hybridized carbons (Fsp3) is 0.455. The van der Waals surface area contributed by atoms with Gasteiger partial charge in [0.05, 0.1) is 0 Å². The minimum Gasteiger partial charge on any atom is -0.362 e. The molecule has 0 spiro atoms. The van der Waals surface area contributed by atoms with E-state index in [4.69, 9.17) is 0 Å². The van der Waals surface area contributed by atoms with Gasteiger partial charge >= 0.3 is 0 Å². The van der Waals surface area contributed by atoms with Gasteiger partial charge in [-0.3, -0.25) is 9.59 Å². The summed E-state index contributed by atoms with van der Waals surface area (Å²) in [5.41, 5.74) is 3.87. The van der Waals surface area contributed by atoms with Crippen molar-refractivity contribution in [3.8, 4) is 0 Å². The van der Waals surface area contributed by atoms with E-state index in [9.17, 15) is 14.0 Å². The molecule has 1 saturated heterocycles. The quantitative estimate of drug-likeness (QED) is 0.864. The lowest BCUT2D eigenvalue weighted by atomic mass is 9.75. The number of carbonyl (C=O) groups is 2. The van der Waals surface area contributed by atoms with Crippen molar-refractivity contribution in [1.29, 1.82) is 0 Å². The SMILES string of the molecule is CC1=C(C(=O)N2CCCCC2)C(c2ccc(F)cc2)C2=C(CCCC2=O)N1. The number of likely N-dealkylation sites (tertiary alicyclic amines) is 1. The van der Waals surface area contributed by atoms with Crippen molar-refractivity contribution in [2.45, 2.75) is 51.4 Å². The molecule has 5 heteroatoms. The predicted molar refractivity (Wildman–Crippen MR) is 101 cm³/mol. The molecule has 1 unspecified atom stereocenters. The molecule has 4 nitrogen and oxygen atoms in total. The Labute approximate surface area is 159 Å². The van der Waals surface area contributed by atoms with Crippen LogP contribution in [0, 0.1) is 5.82 Å². The lowest BCUT2D eigenvalue weighted by Gasteiger charge is -2.37. The normalized spacial score (nSPS) is 23.3. The summed E-state index contributed by atoms with van der Waals surface area (Å²) in [7, 11) is 0. The molecule has 0 aromatic heterocycles. The van der Waals surface area contributed by atoms with Crippen LogP contribution in [0.5, 0.6) is 0 Å². The third-order valence-electron chi connectivity index (χ3n) is 5.85. The second-order valence-corrected chi connectivity index (χ2v) is 7.67. The van der Waals surface area contributed by atoms with Crippen molar-refractivity contribution >= 4 is 11.7 Å². The van der Waals surface area contributed by atoms with E-state index < -0.39 is 5.92 Å². The van der Waals surface area contributed by atoms with Gasteiger partial charge in [-0.2, -0.15) is 0 Å². The van der Waals surface area contributed by atoms with Crippen molar-refractivity contribution in [1.82, 2.24) is 10.2 Å². The Balaban J connectivity index is 1.80. The van der Waals surface area contributed by atoms with E-state index in [1.807, 2.05) is 11.8 Å². The molecule has 1 N–H and O–H groups in total. The molecule has 1 atom stereocenters. The molecule has 142 valence electrons. The smallest absolute Gasteiger partial charge is 0.252 e. The largest absolute Gasteiger partial charge is 0.362 e. The average molecular weight is 368 g/mol. The molecule has 1 fully saturated rings. The van der Waals surface area contributed by atoms with Crippen molar-refractivity contribution in [2.75, 3.05) is 13.1 Å². The molecule has 4 rings (SSSR count). The first kappa shape index (κ1) is 18.0. The van der Waals surface area contributed by atoms with Crippen molar-refractivity contribution in [3.63, 3.8) is 0 Å². The molecule has 1 aliphatic carbocycles.